The zero-order valence-electron chi connectivity index (χ0n) is 11.5. The number of likely N-dealkylation sites (tertiary alicyclic amines) is 1. The van der Waals surface area contributed by atoms with Crippen LogP contribution in [0.15, 0.2) is 18.2 Å². The molecule has 0 radical (unpaired) electrons. The highest BCUT2D eigenvalue weighted by Gasteiger charge is 2.26. The largest absolute Gasteiger partial charge is 0.508 e. The molecule has 1 fully saturated rings. The summed E-state index contributed by atoms with van der Waals surface area (Å²) in [5, 5.41) is 18.3. The van der Waals surface area contributed by atoms with Crippen molar-refractivity contribution in [3.8, 4) is 5.75 Å². The summed E-state index contributed by atoms with van der Waals surface area (Å²) in [5.74, 6) is -0.708. The number of phenols is 1. The number of carboxylic acid groups (broad SMARTS) is 1. The van der Waals surface area contributed by atoms with Crippen LogP contribution in [0.25, 0.3) is 0 Å². The van der Waals surface area contributed by atoms with Gasteiger partial charge in [-0.2, -0.15) is 0 Å². The first-order valence-corrected chi connectivity index (χ1v) is 6.78. The maximum atomic E-state index is 12.4. The van der Waals surface area contributed by atoms with Crippen LogP contribution in [0.3, 0.4) is 0 Å². The average molecular weight is 277 g/mol. The van der Waals surface area contributed by atoms with E-state index >= 15 is 0 Å². The number of carboxylic acids is 1. The lowest BCUT2D eigenvalue weighted by Gasteiger charge is -2.32. The smallest absolute Gasteiger partial charge is 0.303 e. The average Bonchev–Trinajstić information content (AvgIpc) is 2.40. The minimum atomic E-state index is -0.815. The van der Waals surface area contributed by atoms with Gasteiger partial charge in [0.25, 0.3) is 5.91 Å². The fourth-order valence-corrected chi connectivity index (χ4v) is 2.63. The van der Waals surface area contributed by atoms with Gasteiger partial charge in [-0.25, -0.2) is 0 Å². The molecule has 0 aliphatic carbocycles. The monoisotopic (exact) mass is 277 g/mol. The van der Waals surface area contributed by atoms with Gasteiger partial charge in [-0.15, -0.1) is 0 Å². The summed E-state index contributed by atoms with van der Waals surface area (Å²) in [4.78, 5) is 24.9. The number of hydrogen-bond acceptors (Lipinski definition) is 3. The van der Waals surface area contributed by atoms with Crippen LogP contribution in [0.4, 0.5) is 0 Å². The number of carbonyl (C=O) groups excluding carboxylic acids is 1. The summed E-state index contributed by atoms with van der Waals surface area (Å²) in [7, 11) is 0. The first-order chi connectivity index (χ1) is 9.47. The molecule has 5 nitrogen and oxygen atoms in total. The SMILES string of the molecule is Cc1cc(C(=O)N2CCCC(CC(=O)O)C2)ccc1O. The van der Waals surface area contributed by atoms with Crippen molar-refractivity contribution in [3.63, 3.8) is 0 Å². The molecule has 1 aromatic rings. The van der Waals surface area contributed by atoms with Crippen molar-refractivity contribution in [3.05, 3.63) is 29.3 Å². The van der Waals surface area contributed by atoms with E-state index < -0.39 is 5.97 Å². The van der Waals surface area contributed by atoms with Gasteiger partial charge in [0.05, 0.1) is 0 Å². The molecule has 2 N–H and O–H groups in total. The van der Waals surface area contributed by atoms with Gasteiger partial charge in [-0.3, -0.25) is 9.59 Å². The van der Waals surface area contributed by atoms with Crippen LogP contribution < -0.4 is 0 Å². The second kappa shape index (κ2) is 5.94. The highest BCUT2D eigenvalue weighted by Crippen LogP contribution is 2.23. The third-order valence-corrected chi connectivity index (χ3v) is 3.71. The molecule has 1 atom stereocenters. The number of aliphatic carboxylic acids is 1. The molecule has 2 rings (SSSR count). The molecule has 5 heteroatoms. The van der Waals surface area contributed by atoms with E-state index in [9.17, 15) is 14.7 Å². The Kier molecular flexibility index (Phi) is 4.27. The van der Waals surface area contributed by atoms with Crippen molar-refractivity contribution >= 4 is 11.9 Å². The molecule has 1 unspecified atom stereocenters. The first kappa shape index (κ1) is 14.4. The fourth-order valence-electron chi connectivity index (χ4n) is 2.63. The number of nitrogens with zero attached hydrogens (tertiary/aromatic N) is 1. The van der Waals surface area contributed by atoms with Crippen molar-refractivity contribution in [2.24, 2.45) is 5.92 Å². The molecule has 0 bridgehead atoms. The molecule has 1 heterocycles. The molecule has 1 aromatic carbocycles. The topological polar surface area (TPSA) is 77.8 Å². The molecule has 0 saturated carbocycles. The van der Waals surface area contributed by atoms with Gasteiger partial charge in [0, 0.05) is 25.1 Å². The van der Waals surface area contributed by atoms with E-state index in [0.29, 0.717) is 24.2 Å². The van der Waals surface area contributed by atoms with Crippen LogP contribution in [-0.2, 0) is 4.79 Å². The van der Waals surface area contributed by atoms with Crippen LogP contribution in [0.5, 0.6) is 5.75 Å². The van der Waals surface area contributed by atoms with Crippen molar-refractivity contribution in [2.75, 3.05) is 13.1 Å². The zero-order chi connectivity index (χ0) is 14.7. The van der Waals surface area contributed by atoms with Gasteiger partial charge < -0.3 is 15.1 Å². The maximum absolute atomic E-state index is 12.4. The summed E-state index contributed by atoms with van der Waals surface area (Å²) >= 11 is 0. The van der Waals surface area contributed by atoms with E-state index in [1.165, 1.54) is 6.07 Å². The number of benzene rings is 1. The molecule has 0 aromatic heterocycles. The summed E-state index contributed by atoms with van der Waals surface area (Å²) < 4.78 is 0. The summed E-state index contributed by atoms with van der Waals surface area (Å²) in [5.41, 5.74) is 1.20. The van der Waals surface area contributed by atoms with Crippen molar-refractivity contribution in [2.45, 2.75) is 26.2 Å². The Morgan fingerprint density at radius 2 is 2.15 bits per heavy atom. The lowest BCUT2D eigenvalue weighted by atomic mass is 9.94. The Labute approximate surface area is 117 Å². The van der Waals surface area contributed by atoms with Gasteiger partial charge in [-0.05, 0) is 49.4 Å². The van der Waals surface area contributed by atoms with E-state index in [-0.39, 0.29) is 24.0 Å². The first-order valence-electron chi connectivity index (χ1n) is 6.78. The van der Waals surface area contributed by atoms with Crippen LogP contribution >= 0.6 is 0 Å². The molecular weight excluding hydrogens is 258 g/mol. The Morgan fingerprint density at radius 1 is 1.40 bits per heavy atom. The third kappa shape index (κ3) is 3.29. The number of rotatable bonds is 3. The quantitative estimate of drug-likeness (QED) is 0.886. The molecule has 1 saturated heterocycles. The van der Waals surface area contributed by atoms with Gasteiger partial charge in [0.2, 0.25) is 0 Å². The second-order valence-corrected chi connectivity index (χ2v) is 5.36. The van der Waals surface area contributed by atoms with E-state index in [0.717, 1.165) is 12.8 Å². The minimum Gasteiger partial charge on any atom is -0.508 e. The highest BCUT2D eigenvalue weighted by molar-refractivity contribution is 5.94. The van der Waals surface area contributed by atoms with E-state index in [2.05, 4.69) is 0 Å². The van der Waals surface area contributed by atoms with Crippen LogP contribution in [0.1, 0.15) is 35.2 Å². The number of amides is 1. The van der Waals surface area contributed by atoms with E-state index in [1.807, 2.05) is 0 Å². The number of carbonyl (C=O) groups is 2. The minimum absolute atomic E-state index is 0.0309. The highest BCUT2D eigenvalue weighted by atomic mass is 16.4. The lowest BCUT2D eigenvalue weighted by Crippen LogP contribution is -2.40. The molecule has 0 spiro atoms. The van der Waals surface area contributed by atoms with Crippen molar-refractivity contribution in [1.82, 2.24) is 4.90 Å². The summed E-state index contributed by atoms with van der Waals surface area (Å²) in [6.07, 6.45) is 1.80. The predicted molar refractivity (Wildman–Crippen MR) is 73.7 cm³/mol. The van der Waals surface area contributed by atoms with Crippen LogP contribution in [0.2, 0.25) is 0 Å². The van der Waals surface area contributed by atoms with Crippen LogP contribution in [-0.4, -0.2) is 40.1 Å². The predicted octanol–water partition coefficient (Wildman–Crippen LogP) is 2.03. The zero-order valence-corrected chi connectivity index (χ0v) is 11.5. The summed E-state index contributed by atoms with van der Waals surface area (Å²) in [6, 6.07) is 4.78. The van der Waals surface area contributed by atoms with Crippen LogP contribution in [0, 0.1) is 12.8 Å². The number of phenolic OH excluding ortho intramolecular Hbond substituents is 1. The Bertz CT molecular complexity index is 527. The Morgan fingerprint density at radius 3 is 2.80 bits per heavy atom. The fraction of sp³-hybridized carbons (Fsp3) is 0.467. The lowest BCUT2D eigenvalue weighted by molar-refractivity contribution is -0.138. The molecule has 20 heavy (non-hydrogen) atoms. The summed E-state index contributed by atoms with van der Waals surface area (Å²) in [6.45, 7) is 2.90. The molecule has 1 aliphatic rings. The van der Waals surface area contributed by atoms with E-state index in [1.54, 1.807) is 24.0 Å². The van der Waals surface area contributed by atoms with Crippen molar-refractivity contribution < 1.29 is 19.8 Å². The Balaban J connectivity index is 2.08. The number of hydrogen-bond donors (Lipinski definition) is 2. The van der Waals surface area contributed by atoms with Gasteiger partial charge >= 0.3 is 5.97 Å². The maximum Gasteiger partial charge on any atom is 0.303 e. The number of aromatic hydroxyl groups is 1. The molecular formula is C15H19NO4. The molecule has 108 valence electrons. The third-order valence-electron chi connectivity index (χ3n) is 3.71. The van der Waals surface area contributed by atoms with Crippen molar-refractivity contribution in [1.29, 1.82) is 0 Å². The number of piperidine rings is 1. The second-order valence-electron chi connectivity index (χ2n) is 5.36. The molecule has 1 amide bonds. The Hall–Kier alpha value is -2.04. The number of aryl methyl sites for hydroxylation is 1. The standard InChI is InChI=1S/C15H19NO4/c1-10-7-12(4-5-13(10)17)15(20)16-6-2-3-11(9-16)8-14(18)19/h4-5,7,11,17H,2-3,6,8-9H2,1H3,(H,18,19). The van der Waals surface area contributed by atoms with Gasteiger partial charge in [0.1, 0.15) is 5.75 Å². The van der Waals surface area contributed by atoms with Gasteiger partial charge in [-0.1, -0.05) is 0 Å². The molecule has 1 aliphatic heterocycles. The van der Waals surface area contributed by atoms with Gasteiger partial charge in [0.15, 0.2) is 0 Å². The normalized spacial score (nSPS) is 18.9. The van der Waals surface area contributed by atoms with E-state index in [4.69, 9.17) is 5.11 Å².